The standard InChI is InChI=1S/C33H36BrN7O5/c1-17-7-8-25(34)37-29(17)38-30(44)24-11-32(5,6)20(4)41(24)26(43)14-40-28-18(2)9-21(10-23(28)27(39-40)19(3)42)22-12-35-31(36-13-22)33(45)15-46-16-33/h7-10,12-13,20,24,45H,11,14-16H2,1-6H3,(H,37,38,44)/t20-,24+/m1/s1. The van der Waals surface area contributed by atoms with Crippen molar-refractivity contribution in [2.45, 2.75) is 72.2 Å². The Hall–Kier alpha value is -4.07. The highest BCUT2D eigenvalue weighted by Crippen LogP contribution is 2.41. The van der Waals surface area contributed by atoms with E-state index >= 15 is 0 Å². The molecule has 0 radical (unpaired) electrons. The van der Waals surface area contributed by atoms with E-state index in [1.165, 1.54) is 6.92 Å². The number of carbonyl (C=O) groups is 3. The number of anilines is 1. The second-order valence-electron chi connectivity index (χ2n) is 13.0. The van der Waals surface area contributed by atoms with E-state index in [1.807, 2.05) is 52.8 Å². The van der Waals surface area contributed by atoms with Gasteiger partial charge in [-0.1, -0.05) is 19.9 Å². The van der Waals surface area contributed by atoms with E-state index in [4.69, 9.17) is 4.74 Å². The molecular formula is C33H36BrN7O5. The highest BCUT2D eigenvalue weighted by atomic mass is 79.9. The molecule has 0 bridgehead atoms. The lowest BCUT2D eigenvalue weighted by Gasteiger charge is -2.34. The quantitative estimate of drug-likeness (QED) is 0.213. The minimum Gasteiger partial charge on any atom is -0.377 e. The number of pyridine rings is 1. The number of hydrogen-bond donors (Lipinski definition) is 2. The fraction of sp³-hybridized carbons (Fsp3) is 0.424. The Morgan fingerprint density at radius 1 is 1.09 bits per heavy atom. The zero-order valence-electron chi connectivity index (χ0n) is 26.6. The van der Waals surface area contributed by atoms with Gasteiger partial charge >= 0.3 is 0 Å². The Morgan fingerprint density at radius 2 is 1.78 bits per heavy atom. The molecule has 1 aromatic carbocycles. The van der Waals surface area contributed by atoms with Crippen LogP contribution >= 0.6 is 15.9 Å². The lowest BCUT2D eigenvalue weighted by Crippen LogP contribution is -2.48. The van der Waals surface area contributed by atoms with Gasteiger partial charge < -0.3 is 20.1 Å². The molecule has 6 rings (SSSR count). The van der Waals surface area contributed by atoms with Gasteiger partial charge in [-0.15, -0.1) is 0 Å². The third kappa shape index (κ3) is 5.60. The number of fused-ring (bicyclic) bond motifs is 1. The first-order valence-electron chi connectivity index (χ1n) is 15.1. The average molecular weight is 691 g/mol. The number of aliphatic hydroxyl groups is 1. The number of ether oxygens (including phenoxy) is 1. The molecule has 12 nitrogen and oxygen atoms in total. The zero-order chi connectivity index (χ0) is 33.1. The van der Waals surface area contributed by atoms with Crippen molar-refractivity contribution in [1.29, 1.82) is 0 Å². The summed E-state index contributed by atoms with van der Waals surface area (Å²) in [5.74, 6) is -0.0864. The van der Waals surface area contributed by atoms with E-state index in [1.54, 1.807) is 28.0 Å². The molecule has 0 unspecified atom stereocenters. The van der Waals surface area contributed by atoms with Gasteiger partial charge in [-0.05, 0) is 83.4 Å². The predicted molar refractivity (Wildman–Crippen MR) is 174 cm³/mol. The first-order valence-corrected chi connectivity index (χ1v) is 15.9. The number of aryl methyl sites for hydroxylation is 2. The number of Topliss-reactive ketones (excluding diaryl/α,β-unsaturated/α-hetero) is 1. The molecule has 2 atom stereocenters. The maximum absolute atomic E-state index is 14.1. The maximum Gasteiger partial charge on any atom is 0.248 e. The predicted octanol–water partition coefficient (Wildman–Crippen LogP) is 4.34. The number of aromatic nitrogens is 5. The van der Waals surface area contributed by atoms with Crippen LogP contribution < -0.4 is 5.32 Å². The summed E-state index contributed by atoms with van der Waals surface area (Å²) < 4.78 is 7.27. The maximum atomic E-state index is 14.1. The van der Waals surface area contributed by atoms with Crippen molar-refractivity contribution in [1.82, 2.24) is 29.6 Å². The molecule has 2 saturated heterocycles. The number of amides is 2. The van der Waals surface area contributed by atoms with Crippen LogP contribution in [-0.2, 0) is 26.5 Å². The van der Waals surface area contributed by atoms with Gasteiger partial charge in [0.1, 0.15) is 28.7 Å². The average Bonchev–Trinajstić information content (AvgIpc) is 3.47. The Bertz CT molecular complexity index is 1880. The van der Waals surface area contributed by atoms with E-state index in [-0.39, 0.29) is 54.5 Å². The smallest absolute Gasteiger partial charge is 0.248 e. The molecule has 0 saturated carbocycles. The SMILES string of the molecule is CC(=O)c1nn(CC(=O)N2[C@H](C(=O)Nc3nc(Br)ccc3C)CC(C)(C)[C@H]2C)c2c(C)cc(-c3cnc(C4(O)COC4)nc3)cc12. The van der Waals surface area contributed by atoms with Gasteiger partial charge in [0.15, 0.2) is 17.2 Å². The van der Waals surface area contributed by atoms with E-state index in [0.717, 1.165) is 16.7 Å². The molecule has 2 N–H and O–H groups in total. The molecule has 46 heavy (non-hydrogen) atoms. The largest absolute Gasteiger partial charge is 0.377 e. The molecule has 2 fully saturated rings. The summed E-state index contributed by atoms with van der Waals surface area (Å²) in [5, 5.41) is 18.6. The second-order valence-corrected chi connectivity index (χ2v) is 13.9. The highest BCUT2D eigenvalue weighted by Gasteiger charge is 2.49. The van der Waals surface area contributed by atoms with E-state index in [9.17, 15) is 19.5 Å². The summed E-state index contributed by atoms with van der Waals surface area (Å²) in [6.45, 7) is 11.4. The third-order valence-corrected chi connectivity index (χ3v) is 9.68. The summed E-state index contributed by atoms with van der Waals surface area (Å²) in [6.07, 6.45) is 3.74. The van der Waals surface area contributed by atoms with Crippen LogP contribution in [0, 0.1) is 19.3 Å². The van der Waals surface area contributed by atoms with Crippen LogP contribution in [0.2, 0.25) is 0 Å². The van der Waals surface area contributed by atoms with Crippen LogP contribution in [0.5, 0.6) is 0 Å². The zero-order valence-corrected chi connectivity index (χ0v) is 28.2. The van der Waals surface area contributed by atoms with Gasteiger partial charge in [-0.2, -0.15) is 5.10 Å². The molecule has 2 amide bonds. The van der Waals surface area contributed by atoms with Crippen molar-refractivity contribution >= 4 is 50.2 Å². The van der Waals surface area contributed by atoms with E-state index in [2.05, 4.69) is 41.3 Å². The minimum absolute atomic E-state index is 0.151. The van der Waals surface area contributed by atoms with Crippen molar-refractivity contribution in [2.75, 3.05) is 18.5 Å². The van der Waals surface area contributed by atoms with E-state index in [0.29, 0.717) is 39.1 Å². The number of halogens is 1. The molecule has 240 valence electrons. The van der Waals surface area contributed by atoms with Crippen molar-refractivity contribution in [3.8, 4) is 11.1 Å². The summed E-state index contributed by atoms with van der Waals surface area (Å²) in [5.41, 5.74) is 2.48. The summed E-state index contributed by atoms with van der Waals surface area (Å²) in [4.78, 5) is 55.3. The third-order valence-electron chi connectivity index (χ3n) is 9.23. The molecule has 2 aliphatic heterocycles. The number of carbonyl (C=O) groups excluding carboxylic acids is 3. The summed E-state index contributed by atoms with van der Waals surface area (Å²) >= 11 is 3.36. The lowest BCUT2D eigenvalue weighted by molar-refractivity contribution is -0.189. The van der Waals surface area contributed by atoms with Crippen molar-refractivity contribution in [2.24, 2.45) is 5.41 Å². The number of benzene rings is 1. The summed E-state index contributed by atoms with van der Waals surface area (Å²) in [7, 11) is 0. The first-order chi connectivity index (χ1) is 21.7. The van der Waals surface area contributed by atoms with Crippen LogP contribution in [0.25, 0.3) is 22.0 Å². The van der Waals surface area contributed by atoms with Gasteiger partial charge in [0, 0.05) is 36.3 Å². The Labute approximate surface area is 274 Å². The van der Waals surface area contributed by atoms with Gasteiger partial charge in [0.2, 0.25) is 11.8 Å². The van der Waals surface area contributed by atoms with E-state index < -0.39 is 11.6 Å². The molecule has 0 spiro atoms. The number of hydrogen-bond acceptors (Lipinski definition) is 9. The fourth-order valence-electron chi connectivity index (χ4n) is 6.27. The highest BCUT2D eigenvalue weighted by molar-refractivity contribution is 9.10. The normalized spacial score (nSPS) is 20.0. The molecule has 5 heterocycles. The number of rotatable bonds is 7. The number of likely N-dealkylation sites (tertiary alicyclic amines) is 1. The first kappa shape index (κ1) is 31.9. The Morgan fingerprint density at radius 3 is 2.41 bits per heavy atom. The monoisotopic (exact) mass is 689 g/mol. The number of nitrogens with one attached hydrogen (secondary N) is 1. The van der Waals surface area contributed by atoms with Crippen LogP contribution in [0.3, 0.4) is 0 Å². The van der Waals surface area contributed by atoms with Gasteiger partial charge in [-0.3, -0.25) is 19.1 Å². The summed E-state index contributed by atoms with van der Waals surface area (Å²) in [6, 6.07) is 6.49. The van der Waals surface area contributed by atoms with Crippen molar-refractivity contribution < 1.29 is 24.2 Å². The fourth-order valence-corrected chi connectivity index (χ4v) is 6.58. The van der Waals surface area contributed by atoms with Crippen molar-refractivity contribution in [3.05, 3.63) is 63.9 Å². The Balaban J connectivity index is 1.31. The second kappa shape index (κ2) is 11.6. The number of nitrogens with zero attached hydrogens (tertiary/aromatic N) is 6. The van der Waals surface area contributed by atoms with Crippen molar-refractivity contribution in [3.63, 3.8) is 0 Å². The van der Waals surface area contributed by atoms with Gasteiger partial charge in [0.25, 0.3) is 0 Å². The Kier molecular flexibility index (Phi) is 8.06. The van der Waals surface area contributed by atoms with Gasteiger partial charge in [0.05, 0.1) is 18.7 Å². The molecular weight excluding hydrogens is 654 g/mol. The molecule has 4 aromatic rings. The molecule has 3 aromatic heterocycles. The lowest BCUT2D eigenvalue weighted by atomic mass is 9.84. The van der Waals surface area contributed by atoms with Gasteiger partial charge in [-0.25, -0.2) is 15.0 Å². The van der Waals surface area contributed by atoms with Crippen LogP contribution in [0.4, 0.5) is 5.82 Å². The van der Waals surface area contributed by atoms with Crippen LogP contribution in [0.1, 0.15) is 61.6 Å². The van der Waals surface area contributed by atoms with Crippen LogP contribution in [-0.4, -0.2) is 77.6 Å². The molecule has 13 heteroatoms. The number of ketones is 1. The molecule has 2 aliphatic rings. The minimum atomic E-state index is -1.18. The topological polar surface area (TPSA) is 152 Å². The van der Waals surface area contributed by atoms with Crippen LogP contribution in [0.15, 0.2) is 41.3 Å². The molecule has 0 aliphatic carbocycles.